The van der Waals surface area contributed by atoms with Crippen LogP contribution >= 0.6 is 35.2 Å². The Labute approximate surface area is 325 Å². The molecule has 52 heavy (non-hydrogen) atoms. The molecule has 0 aliphatic rings. The summed E-state index contributed by atoms with van der Waals surface area (Å²) in [5, 5.41) is 8.39. The third-order valence-corrected chi connectivity index (χ3v) is 12.6. The molecule has 0 fully saturated rings. The van der Waals surface area contributed by atoms with Crippen LogP contribution in [0.1, 0.15) is 5.82 Å². The molecule has 0 unspecified atom stereocenters. The van der Waals surface area contributed by atoms with Crippen LogP contribution in [0.25, 0.3) is 11.0 Å². The molecule has 0 saturated heterocycles. The summed E-state index contributed by atoms with van der Waals surface area (Å²) in [7, 11) is 8.82. The van der Waals surface area contributed by atoms with Gasteiger partial charge in [-0.15, -0.1) is 0 Å². The van der Waals surface area contributed by atoms with Gasteiger partial charge in [0.2, 0.25) is 0 Å². The van der Waals surface area contributed by atoms with Gasteiger partial charge in [-0.25, -0.2) is 4.98 Å². The zero-order chi connectivity index (χ0) is 36.2. The number of nitrogens with two attached hydrogens (primary N) is 1. The second kappa shape index (κ2) is 22.2. The number of aromatic amines is 1. The number of rotatable bonds is 7. The van der Waals surface area contributed by atoms with Gasteiger partial charge in [-0.1, -0.05) is 194 Å². The molecule has 8 aromatic rings. The van der Waals surface area contributed by atoms with E-state index in [0.29, 0.717) is 6.54 Å². The minimum absolute atomic E-state index is 0.346. The Hall–Kier alpha value is -3.97. The van der Waals surface area contributed by atoms with Gasteiger partial charge in [0.05, 0.1) is 17.6 Å². The third-order valence-electron chi connectivity index (χ3n) is 7.72. The van der Waals surface area contributed by atoms with Gasteiger partial charge >= 0.3 is 34.5 Å². The Balaban J connectivity index is 0.000000150. The van der Waals surface area contributed by atoms with Crippen molar-refractivity contribution in [3.05, 3.63) is 212 Å². The molecule has 0 amide bonds. The van der Waals surface area contributed by atoms with Crippen molar-refractivity contribution in [3.63, 3.8) is 0 Å². The molecule has 0 spiro atoms. The van der Waals surface area contributed by atoms with Gasteiger partial charge in [-0.3, -0.25) is 0 Å². The number of fused-ring (bicyclic) bond motifs is 1. The van der Waals surface area contributed by atoms with Crippen molar-refractivity contribution in [2.45, 2.75) is 6.54 Å². The summed E-state index contributed by atoms with van der Waals surface area (Å²) in [6, 6.07) is 72.5. The summed E-state index contributed by atoms with van der Waals surface area (Å²) < 4.78 is 0. The maximum Gasteiger partial charge on any atom is -0.0134 e. The monoisotopic (exact) mass is 843 g/mol. The number of imidazole rings is 1. The Kier molecular flexibility index (Phi) is 16.7. The molecule has 262 valence electrons. The normalized spacial score (nSPS) is 10.4. The first kappa shape index (κ1) is 39.2. The standard InChI is InChI=1S/2C18H15P.C8H9N3.2ClH.Ru/c2*1-4-10-16(11-5-1)19(17-12-6-2-7-13-17)18-14-8-3-9-15-18;9-5-8-10-6-3-1-2-4-7(6)11-8;;;/h2*1-15H;1-4H,5,9H2,(H,10,11);2*1H;/q;;;;;+2/p-2. The van der Waals surface area contributed by atoms with Gasteiger partial charge in [0, 0.05) is 0 Å². The van der Waals surface area contributed by atoms with Gasteiger partial charge in [0.15, 0.2) is 0 Å². The molecule has 0 aliphatic heterocycles. The van der Waals surface area contributed by atoms with E-state index >= 15 is 0 Å². The topological polar surface area (TPSA) is 54.7 Å². The molecule has 0 radical (unpaired) electrons. The molecule has 0 atom stereocenters. The maximum absolute atomic E-state index is 5.42. The number of nitrogens with zero attached hydrogens (tertiary/aromatic N) is 1. The second-order valence-corrected chi connectivity index (χ2v) is 18.2. The molecule has 3 nitrogen and oxygen atoms in total. The number of H-pyrrole nitrogens is 1. The first-order valence-electron chi connectivity index (χ1n) is 16.6. The maximum atomic E-state index is 5.42. The molecule has 1 heterocycles. The van der Waals surface area contributed by atoms with Crippen molar-refractivity contribution < 1.29 is 15.1 Å². The Morgan fingerprint density at radius 1 is 0.423 bits per heavy atom. The first-order chi connectivity index (χ1) is 25.7. The number of hydrogen-bond acceptors (Lipinski definition) is 2. The summed E-state index contributed by atoms with van der Waals surface area (Å²) >= 11 is -0.346. The van der Waals surface area contributed by atoms with Crippen molar-refractivity contribution >= 4 is 78.1 Å². The zero-order valence-corrected chi connectivity index (χ0v) is 33.4. The molecular formula is C44H39Cl2N3P2Ru. The molecule has 0 aliphatic carbocycles. The van der Waals surface area contributed by atoms with Gasteiger partial charge in [0.25, 0.3) is 0 Å². The summed E-state index contributed by atoms with van der Waals surface area (Å²) in [6.07, 6.45) is 0. The van der Waals surface area contributed by atoms with Crippen molar-refractivity contribution in [2.75, 3.05) is 0 Å². The molecule has 8 heteroatoms. The van der Waals surface area contributed by atoms with E-state index in [1.165, 1.54) is 31.8 Å². The van der Waals surface area contributed by atoms with Crippen molar-refractivity contribution in [1.29, 1.82) is 0 Å². The molecule has 7 aromatic carbocycles. The van der Waals surface area contributed by atoms with Crippen LogP contribution in [-0.4, -0.2) is 9.97 Å². The number of benzene rings is 7. The fraction of sp³-hybridized carbons (Fsp3) is 0.0227. The average molecular weight is 844 g/mol. The van der Waals surface area contributed by atoms with Crippen molar-refractivity contribution in [1.82, 2.24) is 9.97 Å². The number of nitrogens with one attached hydrogen (secondary N) is 1. The minimum Gasteiger partial charge on any atom is -0.0622 e. The fourth-order valence-electron chi connectivity index (χ4n) is 5.46. The Bertz CT molecular complexity index is 1790. The smallest absolute Gasteiger partial charge is 0.0134 e. The molecular weight excluding hydrogens is 804 g/mol. The van der Waals surface area contributed by atoms with Crippen LogP contribution in [0.15, 0.2) is 206 Å². The van der Waals surface area contributed by atoms with E-state index in [1.807, 2.05) is 24.3 Å². The van der Waals surface area contributed by atoms with Crippen LogP contribution < -0.4 is 37.6 Å². The van der Waals surface area contributed by atoms with Crippen LogP contribution in [0.4, 0.5) is 0 Å². The SMILES string of the molecule is NCc1nc2ccccc2[nH]1.[Cl][Ru][Cl].c1ccc(P(c2ccccc2)c2ccccc2)cc1.c1ccc(P(c2ccccc2)c2ccccc2)cc1. The number of hydrogen-bond donors (Lipinski definition) is 2. The molecule has 1 aromatic heterocycles. The predicted octanol–water partition coefficient (Wildman–Crippen LogP) is 9.29. The molecule has 0 bridgehead atoms. The third kappa shape index (κ3) is 11.8. The average Bonchev–Trinajstić information content (AvgIpc) is 3.65. The van der Waals surface area contributed by atoms with E-state index in [2.05, 4.69) is 192 Å². The van der Waals surface area contributed by atoms with Crippen LogP contribution in [-0.2, 0) is 21.7 Å². The van der Waals surface area contributed by atoms with Gasteiger partial charge < -0.3 is 10.7 Å². The predicted molar refractivity (Wildman–Crippen MR) is 226 cm³/mol. The summed E-state index contributed by atoms with van der Waals surface area (Å²) in [4.78, 5) is 7.36. The van der Waals surface area contributed by atoms with E-state index in [1.54, 1.807) is 0 Å². The van der Waals surface area contributed by atoms with E-state index in [0.717, 1.165) is 16.9 Å². The van der Waals surface area contributed by atoms with Gasteiger partial charge in [0.1, 0.15) is 5.82 Å². The van der Waals surface area contributed by atoms with Crippen LogP contribution in [0.3, 0.4) is 0 Å². The largest absolute Gasteiger partial charge is 0.0622 e. The zero-order valence-electron chi connectivity index (χ0n) is 28.4. The fourth-order valence-corrected chi connectivity index (χ4v) is 10.1. The summed E-state index contributed by atoms with van der Waals surface area (Å²) in [5.74, 6) is 0.839. The van der Waals surface area contributed by atoms with Gasteiger partial charge in [-0.05, 0) is 59.8 Å². The van der Waals surface area contributed by atoms with Crippen LogP contribution in [0.5, 0.6) is 0 Å². The van der Waals surface area contributed by atoms with Crippen molar-refractivity contribution in [2.24, 2.45) is 5.73 Å². The molecule has 0 saturated carbocycles. The first-order valence-corrected chi connectivity index (χ1v) is 23.8. The van der Waals surface area contributed by atoms with E-state index in [-0.39, 0.29) is 15.1 Å². The summed E-state index contributed by atoms with van der Waals surface area (Å²) in [6.45, 7) is 0.467. The number of aromatic nitrogens is 2. The molecule has 3 N–H and O–H groups in total. The van der Waals surface area contributed by atoms with Crippen LogP contribution in [0, 0.1) is 0 Å². The van der Waals surface area contributed by atoms with E-state index in [9.17, 15) is 0 Å². The second-order valence-electron chi connectivity index (χ2n) is 11.1. The van der Waals surface area contributed by atoms with Crippen LogP contribution in [0.2, 0.25) is 0 Å². The van der Waals surface area contributed by atoms with E-state index < -0.39 is 15.8 Å². The Morgan fingerprint density at radius 2 is 0.673 bits per heavy atom. The Morgan fingerprint density at radius 3 is 0.923 bits per heavy atom. The van der Waals surface area contributed by atoms with E-state index in [4.69, 9.17) is 25.1 Å². The quantitative estimate of drug-likeness (QED) is 0.124. The van der Waals surface area contributed by atoms with Crippen molar-refractivity contribution in [3.8, 4) is 0 Å². The summed E-state index contributed by atoms with van der Waals surface area (Å²) in [5.41, 5.74) is 7.45. The minimum atomic E-state index is -0.446. The number of para-hydroxylation sites is 2. The number of halogens is 2. The van der Waals surface area contributed by atoms with Gasteiger partial charge in [-0.2, -0.15) is 0 Å². The molecule has 8 rings (SSSR count).